The average molecular weight is 212 g/mol. The molecule has 1 aliphatic heterocycles. The van der Waals surface area contributed by atoms with Crippen molar-refractivity contribution >= 4 is 8.07 Å². The van der Waals surface area contributed by atoms with Gasteiger partial charge in [-0.3, -0.25) is 0 Å². The van der Waals surface area contributed by atoms with Crippen molar-refractivity contribution in [1.82, 2.24) is 0 Å². The number of hydrogen-bond acceptors (Lipinski definition) is 2. The van der Waals surface area contributed by atoms with Gasteiger partial charge in [-0.1, -0.05) is 19.6 Å². The van der Waals surface area contributed by atoms with Gasteiger partial charge in [0, 0.05) is 6.42 Å². The van der Waals surface area contributed by atoms with E-state index in [2.05, 4.69) is 31.1 Å². The summed E-state index contributed by atoms with van der Waals surface area (Å²) in [7, 11) is -1.20. The Kier molecular flexibility index (Phi) is 3.41. The van der Waals surface area contributed by atoms with E-state index in [1.54, 1.807) is 0 Å². The SMILES string of the molecule is C[C@]1(CO)O[C@@H]1CCC#C[Si](C)(C)C. The molecule has 1 aliphatic rings. The molecule has 80 valence electrons. The fourth-order valence-corrected chi connectivity index (χ4v) is 1.98. The number of rotatable bonds is 3. The van der Waals surface area contributed by atoms with Crippen LogP contribution >= 0.6 is 0 Å². The Balaban J connectivity index is 2.21. The van der Waals surface area contributed by atoms with Crippen molar-refractivity contribution in [3.8, 4) is 11.5 Å². The van der Waals surface area contributed by atoms with Crippen LogP contribution in [0.1, 0.15) is 19.8 Å². The van der Waals surface area contributed by atoms with Crippen LogP contribution in [0.2, 0.25) is 19.6 Å². The molecule has 1 rings (SSSR count). The van der Waals surface area contributed by atoms with Gasteiger partial charge >= 0.3 is 0 Å². The van der Waals surface area contributed by atoms with Crippen LogP contribution in [-0.4, -0.2) is 31.5 Å². The molecule has 14 heavy (non-hydrogen) atoms. The number of aliphatic hydroxyl groups excluding tert-OH is 1. The molecule has 0 radical (unpaired) electrons. The molecule has 0 amide bonds. The third-order valence-corrected chi connectivity index (χ3v) is 3.27. The van der Waals surface area contributed by atoms with E-state index in [0.29, 0.717) is 0 Å². The minimum Gasteiger partial charge on any atom is -0.393 e. The van der Waals surface area contributed by atoms with Crippen LogP contribution in [0.4, 0.5) is 0 Å². The molecular formula is C11H20O2Si. The minimum atomic E-state index is -1.20. The Bertz CT molecular complexity index is 259. The van der Waals surface area contributed by atoms with Crippen molar-refractivity contribution in [1.29, 1.82) is 0 Å². The molecule has 0 aromatic heterocycles. The van der Waals surface area contributed by atoms with E-state index in [4.69, 9.17) is 9.84 Å². The van der Waals surface area contributed by atoms with E-state index < -0.39 is 8.07 Å². The van der Waals surface area contributed by atoms with E-state index >= 15 is 0 Å². The topological polar surface area (TPSA) is 32.8 Å². The molecule has 0 unspecified atom stereocenters. The summed E-state index contributed by atoms with van der Waals surface area (Å²) < 4.78 is 5.38. The molecule has 3 heteroatoms. The summed E-state index contributed by atoms with van der Waals surface area (Å²) >= 11 is 0. The smallest absolute Gasteiger partial charge is 0.129 e. The molecule has 0 aliphatic carbocycles. The number of epoxide rings is 1. The van der Waals surface area contributed by atoms with Crippen molar-refractivity contribution in [2.75, 3.05) is 6.61 Å². The van der Waals surface area contributed by atoms with E-state index in [1.165, 1.54) is 0 Å². The molecule has 0 aromatic carbocycles. The minimum absolute atomic E-state index is 0.124. The van der Waals surface area contributed by atoms with Gasteiger partial charge < -0.3 is 9.84 Å². The van der Waals surface area contributed by atoms with Crippen LogP contribution in [0.15, 0.2) is 0 Å². The van der Waals surface area contributed by atoms with Gasteiger partial charge in [-0.25, -0.2) is 0 Å². The largest absolute Gasteiger partial charge is 0.393 e. The summed E-state index contributed by atoms with van der Waals surface area (Å²) in [6.07, 6.45) is 2.07. The molecule has 1 heterocycles. The summed E-state index contributed by atoms with van der Waals surface area (Å²) in [4.78, 5) is 0. The maximum atomic E-state index is 8.97. The lowest BCUT2D eigenvalue weighted by Gasteiger charge is -2.03. The first-order valence-corrected chi connectivity index (χ1v) is 8.66. The molecular weight excluding hydrogens is 192 g/mol. The third kappa shape index (κ3) is 3.45. The average Bonchev–Trinajstić information content (AvgIpc) is 2.71. The summed E-state index contributed by atoms with van der Waals surface area (Å²) in [5, 5.41) is 8.97. The maximum absolute atomic E-state index is 8.97. The first kappa shape index (κ1) is 11.8. The van der Waals surface area contributed by atoms with Gasteiger partial charge in [0.05, 0.1) is 12.7 Å². The van der Waals surface area contributed by atoms with Gasteiger partial charge in [0.25, 0.3) is 0 Å². The van der Waals surface area contributed by atoms with Gasteiger partial charge in [0.15, 0.2) is 0 Å². The van der Waals surface area contributed by atoms with Crippen LogP contribution < -0.4 is 0 Å². The summed E-state index contributed by atoms with van der Waals surface area (Å²) in [5.41, 5.74) is 3.06. The van der Waals surface area contributed by atoms with Gasteiger partial charge in [-0.15, -0.1) is 11.5 Å². The Labute approximate surface area is 87.7 Å². The fraction of sp³-hybridized carbons (Fsp3) is 0.818. The Hall–Kier alpha value is -0.303. The molecule has 1 fully saturated rings. The highest BCUT2D eigenvalue weighted by Gasteiger charge is 2.50. The Morgan fingerprint density at radius 2 is 2.07 bits per heavy atom. The summed E-state index contributed by atoms with van der Waals surface area (Å²) in [5.74, 6) is 3.21. The van der Waals surface area contributed by atoms with E-state index in [-0.39, 0.29) is 18.3 Å². The highest BCUT2D eigenvalue weighted by atomic mass is 28.3. The third-order valence-electron chi connectivity index (χ3n) is 2.34. The van der Waals surface area contributed by atoms with Crippen LogP contribution in [0, 0.1) is 11.5 Å². The van der Waals surface area contributed by atoms with E-state index in [1.807, 2.05) is 6.92 Å². The second-order valence-electron chi connectivity index (χ2n) is 5.17. The van der Waals surface area contributed by atoms with Crippen LogP contribution in [0.3, 0.4) is 0 Å². The van der Waals surface area contributed by atoms with Gasteiger partial charge in [-0.2, -0.15) is 0 Å². The highest BCUT2D eigenvalue weighted by Crippen LogP contribution is 2.38. The predicted octanol–water partition coefficient (Wildman–Crippen LogP) is 1.80. The molecule has 1 saturated heterocycles. The molecule has 2 nitrogen and oxygen atoms in total. The summed E-state index contributed by atoms with van der Waals surface area (Å²) in [6, 6.07) is 0. The summed E-state index contributed by atoms with van der Waals surface area (Å²) in [6.45, 7) is 8.80. The standard InChI is InChI=1S/C11H20O2Si/c1-11(9-12)10(13-11)7-5-6-8-14(2,3)4/h10,12H,5,7,9H2,1-4H3/t10-,11-/m1/s1. The van der Waals surface area contributed by atoms with Crippen molar-refractivity contribution in [2.45, 2.75) is 51.1 Å². The fourth-order valence-electron chi connectivity index (χ4n) is 1.33. The molecule has 0 saturated carbocycles. The zero-order valence-electron chi connectivity index (χ0n) is 9.55. The van der Waals surface area contributed by atoms with Crippen molar-refractivity contribution in [2.24, 2.45) is 0 Å². The van der Waals surface area contributed by atoms with Gasteiger partial charge in [0.2, 0.25) is 0 Å². The zero-order chi connectivity index (χ0) is 10.8. The lowest BCUT2D eigenvalue weighted by Crippen LogP contribution is -2.16. The molecule has 0 aromatic rings. The molecule has 0 spiro atoms. The van der Waals surface area contributed by atoms with Crippen LogP contribution in [0.25, 0.3) is 0 Å². The van der Waals surface area contributed by atoms with Crippen LogP contribution in [-0.2, 0) is 4.74 Å². The first-order valence-electron chi connectivity index (χ1n) is 5.16. The predicted molar refractivity (Wildman–Crippen MR) is 60.7 cm³/mol. The van der Waals surface area contributed by atoms with Gasteiger partial charge in [-0.05, 0) is 13.3 Å². The normalized spacial score (nSPS) is 30.8. The Morgan fingerprint density at radius 1 is 1.43 bits per heavy atom. The number of aliphatic hydroxyl groups is 1. The molecule has 0 bridgehead atoms. The lowest BCUT2D eigenvalue weighted by atomic mass is 10.1. The maximum Gasteiger partial charge on any atom is 0.129 e. The van der Waals surface area contributed by atoms with E-state index in [9.17, 15) is 0 Å². The van der Waals surface area contributed by atoms with Crippen molar-refractivity contribution < 1.29 is 9.84 Å². The van der Waals surface area contributed by atoms with Crippen molar-refractivity contribution in [3.05, 3.63) is 0 Å². The first-order chi connectivity index (χ1) is 6.37. The molecule has 1 N–H and O–H groups in total. The number of hydrogen-bond donors (Lipinski definition) is 1. The van der Waals surface area contributed by atoms with Crippen LogP contribution in [0.5, 0.6) is 0 Å². The highest BCUT2D eigenvalue weighted by molar-refractivity contribution is 6.83. The number of ether oxygens (including phenoxy) is 1. The van der Waals surface area contributed by atoms with Gasteiger partial charge in [0.1, 0.15) is 13.7 Å². The zero-order valence-corrected chi connectivity index (χ0v) is 10.6. The quantitative estimate of drug-likeness (QED) is 0.439. The lowest BCUT2D eigenvalue weighted by molar-refractivity contribution is 0.184. The monoisotopic (exact) mass is 212 g/mol. The van der Waals surface area contributed by atoms with E-state index in [0.717, 1.165) is 12.8 Å². The van der Waals surface area contributed by atoms with Crippen molar-refractivity contribution in [3.63, 3.8) is 0 Å². The second kappa shape index (κ2) is 4.06. The second-order valence-corrected chi connectivity index (χ2v) is 9.92. The molecule has 2 atom stereocenters. The Morgan fingerprint density at radius 3 is 2.50 bits per heavy atom.